The van der Waals surface area contributed by atoms with Gasteiger partial charge in [0.1, 0.15) is 0 Å². The van der Waals surface area contributed by atoms with Crippen molar-refractivity contribution in [3.05, 3.63) is 34.9 Å². The summed E-state index contributed by atoms with van der Waals surface area (Å²) >= 11 is 0. The highest BCUT2D eigenvalue weighted by atomic mass is 16.5. The quantitative estimate of drug-likeness (QED) is 0.729. The van der Waals surface area contributed by atoms with Crippen molar-refractivity contribution >= 4 is 5.97 Å². The Bertz CT molecular complexity index is 369. The number of rotatable bonds is 4. The first-order chi connectivity index (χ1) is 7.52. The molecule has 0 heterocycles. The molecular weight excluding hydrogens is 200 g/mol. The highest BCUT2D eigenvalue weighted by Crippen LogP contribution is 2.15. The Morgan fingerprint density at radius 1 is 1.31 bits per heavy atom. The molecule has 0 N–H and O–H groups in total. The lowest BCUT2D eigenvalue weighted by Gasteiger charge is -2.11. The zero-order valence-corrected chi connectivity index (χ0v) is 10.5. The molecule has 0 saturated heterocycles. The van der Waals surface area contributed by atoms with Crippen LogP contribution in [0.1, 0.15) is 30.0 Å². The minimum absolute atomic E-state index is 0.128. The third kappa shape index (κ3) is 3.69. The highest BCUT2D eigenvalue weighted by molar-refractivity contribution is 5.69. The lowest BCUT2D eigenvalue weighted by Crippen LogP contribution is -2.09. The van der Waals surface area contributed by atoms with Crippen molar-refractivity contribution in [2.75, 3.05) is 7.11 Å². The molecule has 16 heavy (non-hydrogen) atoms. The van der Waals surface area contributed by atoms with Crippen molar-refractivity contribution < 1.29 is 9.53 Å². The first-order valence-electron chi connectivity index (χ1n) is 5.66. The van der Waals surface area contributed by atoms with E-state index in [9.17, 15) is 4.79 Å². The monoisotopic (exact) mass is 220 g/mol. The summed E-state index contributed by atoms with van der Waals surface area (Å²) in [5.41, 5.74) is 3.91. The van der Waals surface area contributed by atoms with Crippen molar-refractivity contribution in [3.8, 4) is 0 Å². The van der Waals surface area contributed by atoms with Crippen molar-refractivity contribution in [2.45, 2.75) is 33.6 Å². The molecule has 0 spiro atoms. The summed E-state index contributed by atoms with van der Waals surface area (Å²) in [5, 5.41) is 0. The van der Waals surface area contributed by atoms with Gasteiger partial charge in [0.2, 0.25) is 0 Å². The summed E-state index contributed by atoms with van der Waals surface area (Å²) in [6.07, 6.45) is 1.42. The molecule has 88 valence electrons. The standard InChI is InChI=1S/C14H20O2/c1-10(8-14(15)16-4)7-13-6-5-11(2)12(3)9-13/h5-6,9-10H,7-8H2,1-4H3. The zero-order chi connectivity index (χ0) is 12.1. The second-order valence-corrected chi connectivity index (χ2v) is 4.51. The van der Waals surface area contributed by atoms with E-state index in [0.29, 0.717) is 12.3 Å². The van der Waals surface area contributed by atoms with E-state index in [1.807, 2.05) is 0 Å². The number of carbonyl (C=O) groups excluding carboxylic acids is 1. The van der Waals surface area contributed by atoms with E-state index in [1.165, 1.54) is 23.8 Å². The van der Waals surface area contributed by atoms with E-state index < -0.39 is 0 Å². The predicted molar refractivity (Wildman–Crippen MR) is 65.4 cm³/mol. The van der Waals surface area contributed by atoms with Crippen molar-refractivity contribution in [3.63, 3.8) is 0 Å². The zero-order valence-electron chi connectivity index (χ0n) is 10.5. The molecule has 2 heteroatoms. The SMILES string of the molecule is COC(=O)CC(C)Cc1ccc(C)c(C)c1. The minimum atomic E-state index is -0.128. The van der Waals surface area contributed by atoms with Crippen LogP contribution in [0, 0.1) is 19.8 Å². The number of aryl methyl sites for hydroxylation is 2. The molecule has 1 aromatic carbocycles. The Balaban J connectivity index is 2.59. The summed E-state index contributed by atoms with van der Waals surface area (Å²) in [4.78, 5) is 11.1. The lowest BCUT2D eigenvalue weighted by molar-refractivity contribution is -0.141. The van der Waals surface area contributed by atoms with Crippen LogP contribution in [-0.2, 0) is 16.0 Å². The number of esters is 1. The summed E-state index contributed by atoms with van der Waals surface area (Å²) in [5.74, 6) is 0.200. The molecular formula is C14H20O2. The molecule has 0 aliphatic carbocycles. The summed E-state index contributed by atoms with van der Waals surface area (Å²) in [6, 6.07) is 6.47. The number of hydrogen-bond acceptors (Lipinski definition) is 2. The van der Waals surface area contributed by atoms with Crippen molar-refractivity contribution in [2.24, 2.45) is 5.92 Å². The molecule has 2 nitrogen and oxygen atoms in total. The Labute approximate surface area is 97.6 Å². The second-order valence-electron chi connectivity index (χ2n) is 4.51. The molecule has 1 aromatic rings. The van der Waals surface area contributed by atoms with Crippen LogP contribution >= 0.6 is 0 Å². The van der Waals surface area contributed by atoms with Crippen LogP contribution < -0.4 is 0 Å². The van der Waals surface area contributed by atoms with Gasteiger partial charge in [-0.05, 0) is 42.9 Å². The van der Waals surface area contributed by atoms with Gasteiger partial charge in [-0.25, -0.2) is 0 Å². The summed E-state index contributed by atoms with van der Waals surface area (Å²) in [6.45, 7) is 6.30. The number of methoxy groups -OCH3 is 1. The van der Waals surface area contributed by atoms with E-state index >= 15 is 0 Å². The molecule has 0 bridgehead atoms. The van der Waals surface area contributed by atoms with Gasteiger partial charge in [0.25, 0.3) is 0 Å². The summed E-state index contributed by atoms with van der Waals surface area (Å²) in [7, 11) is 1.44. The third-order valence-electron chi connectivity index (χ3n) is 2.90. The maximum absolute atomic E-state index is 11.1. The fourth-order valence-electron chi connectivity index (χ4n) is 1.77. The molecule has 0 saturated carbocycles. The van der Waals surface area contributed by atoms with Gasteiger partial charge in [-0.15, -0.1) is 0 Å². The van der Waals surface area contributed by atoms with Crippen LogP contribution in [0.25, 0.3) is 0 Å². The molecule has 0 amide bonds. The first kappa shape index (κ1) is 12.8. The molecule has 0 aliphatic rings. The topological polar surface area (TPSA) is 26.3 Å². The highest BCUT2D eigenvalue weighted by Gasteiger charge is 2.10. The third-order valence-corrected chi connectivity index (χ3v) is 2.90. The fraction of sp³-hybridized carbons (Fsp3) is 0.500. The van der Waals surface area contributed by atoms with Gasteiger partial charge in [-0.1, -0.05) is 25.1 Å². The molecule has 1 unspecified atom stereocenters. The van der Waals surface area contributed by atoms with Crippen LogP contribution in [-0.4, -0.2) is 13.1 Å². The van der Waals surface area contributed by atoms with E-state index in [2.05, 4.69) is 43.7 Å². The molecule has 0 fully saturated rings. The smallest absolute Gasteiger partial charge is 0.305 e. The van der Waals surface area contributed by atoms with Gasteiger partial charge in [0, 0.05) is 6.42 Å². The van der Waals surface area contributed by atoms with E-state index in [0.717, 1.165) is 6.42 Å². The van der Waals surface area contributed by atoms with Gasteiger partial charge >= 0.3 is 5.97 Å². The average Bonchev–Trinajstić information content (AvgIpc) is 2.23. The Kier molecular flexibility index (Phi) is 4.53. The number of carbonyl (C=O) groups is 1. The van der Waals surface area contributed by atoms with Crippen LogP contribution in [0.3, 0.4) is 0 Å². The minimum Gasteiger partial charge on any atom is -0.469 e. The number of hydrogen-bond donors (Lipinski definition) is 0. The Hall–Kier alpha value is -1.31. The first-order valence-corrected chi connectivity index (χ1v) is 5.66. The lowest BCUT2D eigenvalue weighted by atomic mass is 9.96. The van der Waals surface area contributed by atoms with Gasteiger partial charge < -0.3 is 4.74 Å². The Morgan fingerprint density at radius 3 is 2.56 bits per heavy atom. The predicted octanol–water partition coefficient (Wildman–Crippen LogP) is 3.05. The maximum Gasteiger partial charge on any atom is 0.305 e. The molecule has 0 aliphatic heterocycles. The van der Waals surface area contributed by atoms with Gasteiger partial charge in [-0.3, -0.25) is 4.79 Å². The molecule has 1 rings (SSSR count). The summed E-state index contributed by atoms with van der Waals surface area (Å²) < 4.78 is 4.66. The van der Waals surface area contributed by atoms with E-state index in [1.54, 1.807) is 0 Å². The van der Waals surface area contributed by atoms with Crippen molar-refractivity contribution in [1.82, 2.24) is 0 Å². The van der Waals surface area contributed by atoms with Gasteiger partial charge in [0.15, 0.2) is 0 Å². The number of benzene rings is 1. The van der Waals surface area contributed by atoms with E-state index in [-0.39, 0.29) is 5.97 Å². The average molecular weight is 220 g/mol. The van der Waals surface area contributed by atoms with Crippen LogP contribution in [0.4, 0.5) is 0 Å². The van der Waals surface area contributed by atoms with Crippen LogP contribution in [0.2, 0.25) is 0 Å². The van der Waals surface area contributed by atoms with Crippen LogP contribution in [0.5, 0.6) is 0 Å². The normalized spacial score (nSPS) is 12.2. The largest absolute Gasteiger partial charge is 0.469 e. The van der Waals surface area contributed by atoms with E-state index in [4.69, 9.17) is 0 Å². The van der Waals surface area contributed by atoms with Gasteiger partial charge in [0.05, 0.1) is 7.11 Å². The van der Waals surface area contributed by atoms with Crippen molar-refractivity contribution in [1.29, 1.82) is 0 Å². The molecule has 1 atom stereocenters. The molecule has 0 radical (unpaired) electrons. The Morgan fingerprint density at radius 2 is 2.00 bits per heavy atom. The second kappa shape index (κ2) is 5.69. The number of ether oxygens (including phenoxy) is 1. The van der Waals surface area contributed by atoms with Gasteiger partial charge in [-0.2, -0.15) is 0 Å². The molecule has 0 aromatic heterocycles. The van der Waals surface area contributed by atoms with Crippen LogP contribution in [0.15, 0.2) is 18.2 Å². The fourth-order valence-corrected chi connectivity index (χ4v) is 1.77. The maximum atomic E-state index is 11.1.